The summed E-state index contributed by atoms with van der Waals surface area (Å²) in [6.45, 7) is 0.783. The van der Waals surface area contributed by atoms with Gasteiger partial charge in [-0.15, -0.1) is 0 Å². The number of fused-ring (bicyclic) bond motifs is 1. The van der Waals surface area contributed by atoms with Crippen molar-refractivity contribution in [2.45, 2.75) is 25.2 Å². The summed E-state index contributed by atoms with van der Waals surface area (Å²) in [6, 6.07) is 16.2. The minimum atomic E-state index is -1.77. The third kappa shape index (κ3) is 4.02. The first-order valence-corrected chi connectivity index (χ1v) is 8.92. The van der Waals surface area contributed by atoms with E-state index in [0.717, 1.165) is 27.2 Å². The van der Waals surface area contributed by atoms with E-state index in [-0.39, 0.29) is 0 Å². The van der Waals surface area contributed by atoms with Crippen LogP contribution in [0.25, 0.3) is 11.1 Å². The number of amides is 2. The molecule has 1 aliphatic rings. The van der Waals surface area contributed by atoms with Crippen molar-refractivity contribution in [3.63, 3.8) is 0 Å². The normalized spacial score (nSPS) is 15.6. The number of carbonyl (C=O) groups excluding carboxylic acids is 2. The summed E-state index contributed by atoms with van der Waals surface area (Å²) >= 11 is 0. The highest BCUT2D eigenvalue weighted by Gasteiger charge is 2.35. The molecule has 2 amide bonds. The second kappa shape index (κ2) is 7.90. The van der Waals surface area contributed by atoms with Gasteiger partial charge < -0.3 is 20.0 Å². The van der Waals surface area contributed by atoms with Gasteiger partial charge in [0.1, 0.15) is 0 Å². The number of carbonyl (C=O) groups is 2. The molecule has 3 rings (SSSR count). The fourth-order valence-corrected chi connectivity index (χ4v) is 3.28. The zero-order valence-corrected chi connectivity index (χ0v) is 15.5. The SMILES string of the molecule is CN(C)C(=O)[C@H](O)[C@@H](O)C(=O)N1CCc2ccc(-c3ccccc3)cc2C1. The standard InChI is InChI=1S/C21H24N2O4/c1-22(2)20(26)18(24)19(25)21(27)23-11-10-15-8-9-16(12-17(15)13-23)14-6-4-3-5-7-14/h3-9,12,18-19,24-25H,10-11,13H2,1-2H3/t18-,19-/m1/s1. The van der Waals surface area contributed by atoms with Gasteiger partial charge >= 0.3 is 0 Å². The lowest BCUT2D eigenvalue weighted by atomic mass is 9.94. The first-order valence-electron chi connectivity index (χ1n) is 8.92. The molecule has 6 nitrogen and oxygen atoms in total. The Balaban J connectivity index is 1.77. The lowest BCUT2D eigenvalue weighted by Gasteiger charge is -2.32. The molecule has 142 valence electrons. The Bertz CT molecular complexity index is 835. The second-order valence-electron chi connectivity index (χ2n) is 6.98. The molecule has 2 N–H and O–H groups in total. The molecule has 0 radical (unpaired) electrons. The summed E-state index contributed by atoms with van der Waals surface area (Å²) in [6.07, 6.45) is -2.86. The van der Waals surface area contributed by atoms with Crippen LogP contribution >= 0.6 is 0 Å². The molecule has 0 fully saturated rings. The minimum absolute atomic E-state index is 0.342. The van der Waals surface area contributed by atoms with E-state index < -0.39 is 24.0 Å². The van der Waals surface area contributed by atoms with Gasteiger partial charge in [-0.25, -0.2) is 0 Å². The lowest BCUT2D eigenvalue weighted by molar-refractivity contribution is -0.157. The maximum atomic E-state index is 12.6. The van der Waals surface area contributed by atoms with Gasteiger partial charge in [0.2, 0.25) is 0 Å². The topological polar surface area (TPSA) is 81.1 Å². The molecule has 1 aliphatic heterocycles. The Labute approximate surface area is 158 Å². The van der Waals surface area contributed by atoms with Gasteiger partial charge in [0.15, 0.2) is 12.2 Å². The molecule has 2 atom stereocenters. The van der Waals surface area contributed by atoms with E-state index in [1.165, 1.54) is 19.0 Å². The van der Waals surface area contributed by atoms with Crippen LogP contribution in [0.3, 0.4) is 0 Å². The Morgan fingerprint density at radius 1 is 0.963 bits per heavy atom. The molecule has 27 heavy (non-hydrogen) atoms. The highest BCUT2D eigenvalue weighted by molar-refractivity contribution is 5.90. The monoisotopic (exact) mass is 368 g/mol. The molecule has 0 unspecified atom stereocenters. The average Bonchev–Trinajstić information content (AvgIpc) is 2.71. The van der Waals surface area contributed by atoms with Crippen LogP contribution in [0.2, 0.25) is 0 Å². The van der Waals surface area contributed by atoms with Crippen LogP contribution in [0.5, 0.6) is 0 Å². The summed E-state index contributed by atoms with van der Waals surface area (Å²) in [7, 11) is 2.93. The average molecular weight is 368 g/mol. The number of nitrogens with zero attached hydrogens (tertiary/aromatic N) is 2. The molecule has 2 aromatic carbocycles. The Morgan fingerprint density at radius 2 is 1.67 bits per heavy atom. The quantitative estimate of drug-likeness (QED) is 0.845. The van der Waals surface area contributed by atoms with Crippen molar-refractivity contribution < 1.29 is 19.8 Å². The van der Waals surface area contributed by atoms with E-state index in [1.807, 2.05) is 30.3 Å². The minimum Gasteiger partial charge on any atom is -0.380 e. The predicted octanol–water partition coefficient (Wildman–Crippen LogP) is 1.05. The van der Waals surface area contributed by atoms with Gasteiger partial charge in [-0.3, -0.25) is 9.59 Å². The van der Waals surface area contributed by atoms with Crippen molar-refractivity contribution in [2.75, 3.05) is 20.6 Å². The van der Waals surface area contributed by atoms with Gasteiger partial charge in [-0.05, 0) is 34.7 Å². The second-order valence-corrected chi connectivity index (χ2v) is 6.98. The van der Waals surface area contributed by atoms with Crippen molar-refractivity contribution in [3.05, 3.63) is 59.7 Å². The molecular weight excluding hydrogens is 344 g/mol. The molecule has 6 heteroatoms. The maximum Gasteiger partial charge on any atom is 0.255 e. The molecular formula is C21H24N2O4. The summed E-state index contributed by atoms with van der Waals surface area (Å²) in [5.74, 6) is -1.33. The van der Waals surface area contributed by atoms with Crippen molar-refractivity contribution in [3.8, 4) is 11.1 Å². The third-order valence-electron chi connectivity index (χ3n) is 4.88. The number of aliphatic hydroxyl groups is 2. The van der Waals surface area contributed by atoms with E-state index in [9.17, 15) is 19.8 Å². The number of hydrogen-bond donors (Lipinski definition) is 2. The molecule has 0 bridgehead atoms. The van der Waals surface area contributed by atoms with E-state index in [4.69, 9.17) is 0 Å². The molecule has 0 saturated carbocycles. The fraction of sp³-hybridized carbons (Fsp3) is 0.333. The van der Waals surface area contributed by atoms with Crippen molar-refractivity contribution in [2.24, 2.45) is 0 Å². The number of benzene rings is 2. The van der Waals surface area contributed by atoms with Crippen molar-refractivity contribution in [1.82, 2.24) is 9.80 Å². The van der Waals surface area contributed by atoms with E-state index in [0.29, 0.717) is 19.5 Å². The van der Waals surface area contributed by atoms with Crippen molar-refractivity contribution in [1.29, 1.82) is 0 Å². The van der Waals surface area contributed by atoms with Gasteiger partial charge in [0.25, 0.3) is 11.8 Å². The lowest BCUT2D eigenvalue weighted by Crippen LogP contribution is -2.51. The maximum absolute atomic E-state index is 12.6. The fourth-order valence-electron chi connectivity index (χ4n) is 3.28. The zero-order chi connectivity index (χ0) is 19.6. The van der Waals surface area contributed by atoms with E-state index in [1.54, 1.807) is 0 Å². The third-order valence-corrected chi connectivity index (χ3v) is 4.88. The Hall–Kier alpha value is -2.70. The van der Waals surface area contributed by atoms with E-state index >= 15 is 0 Å². The molecule has 0 saturated heterocycles. The smallest absolute Gasteiger partial charge is 0.255 e. The molecule has 0 aromatic heterocycles. The van der Waals surface area contributed by atoms with Gasteiger partial charge in [-0.1, -0.05) is 42.5 Å². The number of likely N-dealkylation sites (N-methyl/N-ethyl adjacent to an activating group) is 1. The largest absolute Gasteiger partial charge is 0.380 e. The summed E-state index contributed by atoms with van der Waals surface area (Å²) in [4.78, 5) is 27.0. The highest BCUT2D eigenvalue weighted by atomic mass is 16.3. The Kier molecular flexibility index (Phi) is 5.58. The molecule has 2 aromatic rings. The predicted molar refractivity (Wildman–Crippen MR) is 102 cm³/mol. The molecule has 0 spiro atoms. The number of hydrogen-bond acceptors (Lipinski definition) is 4. The van der Waals surface area contributed by atoms with Gasteiger partial charge in [0, 0.05) is 27.2 Å². The summed E-state index contributed by atoms with van der Waals surface area (Å²) in [5.41, 5.74) is 4.33. The highest BCUT2D eigenvalue weighted by Crippen LogP contribution is 2.26. The van der Waals surface area contributed by atoms with Gasteiger partial charge in [-0.2, -0.15) is 0 Å². The van der Waals surface area contributed by atoms with Crippen LogP contribution in [-0.4, -0.2) is 64.7 Å². The summed E-state index contributed by atoms with van der Waals surface area (Å²) < 4.78 is 0. The van der Waals surface area contributed by atoms with Crippen LogP contribution in [0.1, 0.15) is 11.1 Å². The van der Waals surface area contributed by atoms with Crippen LogP contribution in [0, 0.1) is 0 Å². The Morgan fingerprint density at radius 3 is 2.33 bits per heavy atom. The number of rotatable bonds is 4. The van der Waals surface area contributed by atoms with Crippen LogP contribution in [-0.2, 0) is 22.6 Å². The first kappa shape index (κ1) is 19.1. The molecule has 1 heterocycles. The van der Waals surface area contributed by atoms with Crippen molar-refractivity contribution >= 4 is 11.8 Å². The molecule has 0 aliphatic carbocycles. The van der Waals surface area contributed by atoms with Gasteiger partial charge in [0.05, 0.1) is 0 Å². The van der Waals surface area contributed by atoms with Crippen LogP contribution in [0.15, 0.2) is 48.5 Å². The van der Waals surface area contributed by atoms with Crippen LogP contribution < -0.4 is 0 Å². The van der Waals surface area contributed by atoms with Crippen LogP contribution in [0.4, 0.5) is 0 Å². The summed E-state index contributed by atoms with van der Waals surface area (Å²) in [5, 5.41) is 20.1. The zero-order valence-electron chi connectivity index (χ0n) is 15.5. The number of aliphatic hydroxyl groups excluding tert-OH is 2. The van der Waals surface area contributed by atoms with E-state index in [2.05, 4.69) is 18.2 Å². The first-order chi connectivity index (χ1) is 12.9.